The number of benzene rings is 1. The first-order valence-corrected chi connectivity index (χ1v) is 9.04. The monoisotopic (exact) mass is 329 g/mol. The van der Waals surface area contributed by atoms with Crippen LogP contribution in [-0.2, 0) is 11.2 Å². The molecule has 4 heteroatoms. The molecule has 0 heterocycles. The van der Waals surface area contributed by atoms with E-state index in [1.54, 1.807) is 14.2 Å². The van der Waals surface area contributed by atoms with E-state index in [1.165, 1.54) is 30.6 Å². The van der Waals surface area contributed by atoms with E-state index >= 15 is 0 Å². The highest BCUT2D eigenvalue weighted by Crippen LogP contribution is 2.34. The summed E-state index contributed by atoms with van der Waals surface area (Å²) in [6.07, 6.45) is 6.07. The fraction of sp³-hybridized carbons (Fsp3) is 0.667. The smallest absolute Gasteiger partial charge is 0.105 e. The molecule has 1 fully saturated rings. The molecule has 22 heavy (non-hydrogen) atoms. The SMILES string of the molecule is CC.COC.NC(CF)Cc1ccc(SC2CCCC2)cc1. The first kappa shape index (κ1) is 21.4. The van der Waals surface area contributed by atoms with Crippen LogP contribution in [0.1, 0.15) is 45.1 Å². The minimum absolute atomic E-state index is 0.358. The highest BCUT2D eigenvalue weighted by Gasteiger charge is 2.15. The molecule has 1 aromatic carbocycles. The molecule has 1 aromatic rings. The summed E-state index contributed by atoms with van der Waals surface area (Å²) in [6.45, 7) is 3.55. The summed E-state index contributed by atoms with van der Waals surface area (Å²) >= 11 is 1.98. The Kier molecular flexibility index (Phi) is 13.7. The van der Waals surface area contributed by atoms with Gasteiger partial charge in [0, 0.05) is 30.4 Å². The van der Waals surface area contributed by atoms with Gasteiger partial charge in [0.15, 0.2) is 0 Å². The van der Waals surface area contributed by atoms with Crippen LogP contribution in [0.15, 0.2) is 29.2 Å². The summed E-state index contributed by atoms with van der Waals surface area (Å²) in [4.78, 5) is 1.33. The van der Waals surface area contributed by atoms with Gasteiger partial charge >= 0.3 is 0 Å². The molecule has 2 nitrogen and oxygen atoms in total. The first-order chi connectivity index (χ1) is 10.7. The fourth-order valence-electron chi connectivity index (χ4n) is 2.26. The van der Waals surface area contributed by atoms with E-state index in [4.69, 9.17) is 5.73 Å². The van der Waals surface area contributed by atoms with Gasteiger partial charge in [-0.3, -0.25) is 0 Å². The highest BCUT2D eigenvalue weighted by atomic mass is 32.2. The number of hydrogen-bond acceptors (Lipinski definition) is 3. The van der Waals surface area contributed by atoms with Crippen molar-refractivity contribution in [1.82, 2.24) is 0 Å². The third kappa shape index (κ3) is 9.44. The Hall–Kier alpha value is -0.580. The van der Waals surface area contributed by atoms with Crippen molar-refractivity contribution in [1.29, 1.82) is 0 Å². The lowest BCUT2D eigenvalue weighted by molar-refractivity contribution is 0.277. The third-order valence-corrected chi connectivity index (χ3v) is 4.57. The van der Waals surface area contributed by atoms with Gasteiger partial charge in [-0.2, -0.15) is 0 Å². The van der Waals surface area contributed by atoms with E-state index in [-0.39, 0.29) is 6.04 Å². The Bertz CT molecular complexity index is 353. The van der Waals surface area contributed by atoms with Gasteiger partial charge in [0.1, 0.15) is 6.67 Å². The van der Waals surface area contributed by atoms with Crippen LogP contribution in [0, 0.1) is 0 Å². The second-order valence-electron chi connectivity index (χ2n) is 5.20. The van der Waals surface area contributed by atoms with Crippen LogP contribution in [-0.4, -0.2) is 32.2 Å². The summed E-state index contributed by atoms with van der Waals surface area (Å²) in [7, 11) is 3.25. The zero-order valence-corrected chi connectivity index (χ0v) is 15.3. The number of hydrogen-bond donors (Lipinski definition) is 1. The maximum atomic E-state index is 12.3. The van der Waals surface area contributed by atoms with Gasteiger partial charge < -0.3 is 10.5 Å². The Morgan fingerprint density at radius 2 is 1.68 bits per heavy atom. The van der Waals surface area contributed by atoms with Crippen LogP contribution >= 0.6 is 11.8 Å². The minimum atomic E-state index is -0.446. The Balaban J connectivity index is 0.000000789. The molecule has 0 radical (unpaired) electrons. The van der Waals surface area contributed by atoms with Crippen LogP contribution in [0.4, 0.5) is 4.39 Å². The van der Waals surface area contributed by atoms with Gasteiger partial charge in [0.25, 0.3) is 0 Å². The molecule has 1 atom stereocenters. The number of halogens is 1. The summed E-state index contributed by atoms with van der Waals surface area (Å²) in [6, 6.07) is 8.08. The maximum absolute atomic E-state index is 12.3. The zero-order chi connectivity index (χ0) is 16.8. The fourth-order valence-corrected chi connectivity index (χ4v) is 3.51. The number of alkyl halides is 1. The molecule has 0 spiro atoms. The standard InChI is InChI=1S/C14H20FNS.C2H6O.C2H6/c15-10-12(16)9-11-5-7-14(8-6-11)17-13-3-1-2-4-13;1-3-2;1-2/h5-8,12-13H,1-4,9-10,16H2;1-2H3;1-2H3. The van der Waals surface area contributed by atoms with Crippen LogP contribution < -0.4 is 5.73 Å². The molecule has 1 unspecified atom stereocenters. The van der Waals surface area contributed by atoms with Gasteiger partial charge in [-0.15, -0.1) is 11.8 Å². The lowest BCUT2D eigenvalue weighted by Gasteiger charge is -2.10. The molecule has 1 aliphatic rings. The third-order valence-electron chi connectivity index (χ3n) is 3.22. The lowest BCUT2D eigenvalue weighted by atomic mass is 10.1. The second kappa shape index (κ2) is 14.0. The van der Waals surface area contributed by atoms with Crippen LogP contribution in [0.2, 0.25) is 0 Å². The quantitative estimate of drug-likeness (QED) is 0.838. The van der Waals surface area contributed by atoms with Gasteiger partial charge in [-0.05, 0) is 37.0 Å². The number of rotatable bonds is 5. The van der Waals surface area contributed by atoms with Crippen molar-refractivity contribution < 1.29 is 9.13 Å². The van der Waals surface area contributed by atoms with E-state index < -0.39 is 6.67 Å². The molecule has 0 bridgehead atoms. The largest absolute Gasteiger partial charge is 0.388 e. The van der Waals surface area contributed by atoms with Crippen molar-refractivity contribution in [3.05, 3.63) is 29.8 Å². The van der Waals surface area contributed by atoms with Gasteiger partial charge in [-0.1, -0.05) is 38.8 Å². The number of methoxy groups -OCH3 is 1. The van der Waals surface area contributed by atoms with E-state index in [1.807, 2.05) is 25.6 Å². The summed E-state index contributed by atoms with van der Waals surface area (Å²) in [5.41, 5.74) is 6.73. The van der Waals surface area contributed by atoms with Crippen molar-refractivity contribution in [2.45, 2.75) is 62.1 Å². The van der Waals surface area contributed by atoms with E-state index in [9.17, 15) is 4.39 Å². The molecule has 2 rings (SSSR count). The summed E-state index contributed by atoms with van der Waals surface area (Å²) in [5, 5.41) is 0.800. The molecule has 0 saturated heterocycles. The molecule has 0 amide bonds. The lowest BCUT2D eigenvalue weighted by Crippen LogP contribution is -2.24. The number of thioether (sulfide) groups is 1. The molecule has 0 aromatic heterocycles. The predicted molar refractivity (Wildman–Crippen MR) is 96.5 cm³/mol. The predicted octanol–water partition coefficient (Wildman–Crippen LogP) is 4.85. The topological polar surface area (TPSA) is 35.2 Å². The normalized spacial score (nSPS) is 15.4. The van der Waals surface area contributed by atoms with Crippen LogP contribution in [0.3, 0.4) is 0 Å². The average Bonchev–Trinajstić information content (AvgIpc) is 3.05. The minimum Gasteiger partial charge on any atom is -0.388 e. The molecular formula is C18H32FNOS. The van der Waals surface area contributed by atoms with Gasteiger partial charge in [0.2, 0.25) is 0 Å². The second-order valence-corrected chi connectivity index (χ2v) is 6.57. The average molecular weight is 330 g/mol. The number of nitrogens with two attached hydrogens (primary N) is 1. The highest BCUT2D eigenvalue weighted by molar-refractivity contribution is 8.00. The number of ether oxygens (including phenoxy) is 1. The van der Waals surface area contributed by atoms with E-state index in [0.717, 1.165) is 10.8 Å². The van der Waals surface area contributed by atoms with E-state index in [2.05, 4.69) is 29.0 Å². The van der Waals surface area contributed by atoms with Crippen molar-refractivity contribution in [2.75, 3.05) is 20.9 Å². The van der Waals surface area contributed by atoms with Crippen LogP contribution in [0.5, 0.6) is 0 Å². The molecule has 1 aliphatic carbocycles. The molecule has 128 valence electrons. The van der Waals surface area contributed by atoms with Crippen LogP contribution in [0.25, 0.3) is 0 Å². The Morgan fingerprint density at radius 1 is 1.18 bits per heavy atom. The molecular weight excluding hydrogens is 297 g/mol. The zero-order valence-electron chi connectivity index (χ0n) is 14.5. The first-order valence-electron chi connectivity index (χ1n) is 8.16. The van der Waals surface area contributed by atoms with Gasteiger partial charge in [0.05, 0.1) is 0 Å². The maximum Gasteiger partial charge on any atom is 0.105 e. The molecule has 2 N–H and O–H groups in total. The van der Waals surface area contributed by atoms with Crippen molar-refractivity contribution in [3.63, 3.8) is 0 Å². The van der Waals surface area contributed by atoms with E-state index in [0.29, 0.717) is 6.42 Å². The van der Waals surface area contributed by atoms with Crippen molar-refractivity contribution >= 4 is 11.8 Å². The van der Waals surface area contributed by atoms with Crippen molar-refractivity contribution in [2.24, 2.45) is 5.73 Å². The van der Waals surface area contributed by atoms with Gasteiger partial charge in [-0.25, -0.2) is 4.39 Å². The Morgan fingerprint density at radius 3 is 2.14 bits per heavy atom. The molecule has 1 saturated carbocycles. The summed E-state index contributed by atoms with van der Waals surface area (Å²) < 4.78 is 16.5. The van der Waals surface area contributed by atoms with Crippen molar-refractivity contribution in [3.8, 4) is 0 Å². The summed E-state index contributed by atoms with van der Waals surface area (Å²) in [5.74, 6) is 0. The molecule has 0 aliphatic heterocycles. The Labute approximate surface area is 140 Å².